The van der Waals surface area contributed by atoms with Crippen LogP contribution in [-0.4, -0.2) is 96.7 Å². The third kappa shape index (κ3) is 11.2. The lowest BCUT2D eigenvalue weighted by molar-refractivity contribution is -0.152. The third-order valence-electron chi connectivity index (χ3n) is 6.11. The van der Waals surface area contributed by atoms with E-state index in [4.69, 9.17) is 18.9 Å². The Bertz CT molecular complexity index is 778. The van der Waals surface area contributed by atoms with Gasteiger partial charge in [-0.15, -0.1) is 0 Å². The summed E-state index contributed by atoms with van der Waals surface area (Å²) < 4.78 is 20.0. The van der Waals surface area contributed by atoms with Crippen molar-refractivity contribution in [3.8, 4) is 0 Å². The van der Waals surface area contributed by atoms with Crippen molar-refractivity contribution in [2.75, 3.05) is 40.4 Å². The second kappa shape index (κ2) is 13.8. The number of piperidine rings is 2. The van der Waals surface area contributed by atoms with Gasteiger partial charge in [-0.05, 0) is 67.7 Å². The van der Waals surface area contributed by atoms with Crippen molar-refractivity contribution in [1.82, 2.24) is 9.80 Å². The number of nitrogens with zero attached hydrogens (tertiary/aromatic N) is 2. The number of hydrogen-bond donors (Lipinski definition) is 1. The summed E-state index contributed by atoms with van der Waals surface area (Å²) >= 11 is 0. The van der Waals surface area contributed by atoms with E-state index < -0.39 is 23.4 Å². The molecule has 214 valence electrons. The number of amides is 2. The zero-order valence-electron chi connectivity index (χ0n) is 23.9. The lowest BCUT2D eigenvalue weighted by Gasteiger charge is -2.38. The van der Waals surface area contributed by atoms with Crippen molar-refractivity contribution in [2.24, 2.45) is 17.8 Å². The summed E-state index contributed by atoms with van der Waals surface area (Å²) in [4.78, 5) is 50.0. The average Bonchev–Trinajstić information content (AvgIpc) is 2.81. The maximum Gasteiger partial charge on any atom is 0.410 e. The van der Waals surface area contributed by atoms with E-state index in [1.165, 1.54) is 14.2 Å². The first kappa shape index (κ1) is 32.5. The Hall–Kier alpha value is -2.56. The Balaban J connectivity index is 0.000000375. The van der Waals surface area contributed by atoms with Crippen molar-refractivity contribution < 1.29 is 43.2 Å². The summed E-state index contributed by atoms with van der Waals surface area (Å²) in [6.45, 7) is 14.4. The minimum atomic E-state index is -0.690. The molecule has 2 rings (SSSR count). The van der Waals surface area contributed by atoms with Crippen LogP contribution in [0.2, 0.25) is 0 Å². The fraction of sp³-hybridized carbons (Fsp3) is 0.846. The normalized spacial score (nSPS) is 21.7. The highest BCUT2D eigenvalue weighted by atomic mass is 16.6. The number of likely N-dealkylation sites (tertiary alicyclic amines) is 2. The molecule has 3 atom stereocenters. The molecule has 3 unspecified atom stereocenters. The third-order valence-corrected chi connectivity index (χ3v) is 6.11. The van der Waals surface area contributed by atoms with Gasteiger partial charge < -0.3 is 33.9 Å². The molecule has 2 fully saturated rings. The van der Waals surface area contributed by atoms with E-state index in [1.807, 2.05) is 20.8 Å². The molecular formula is C26H46N2O9. The van der Waals surface area contributed by atoms with Crippen molar-refractivity contribution in [2.45, 2.75) is 85.0 Å². The van der Waals surface area contributed by atoms with Gasteiger partial charge in [-0.2, -0.15) is 0 Å². The summed E-state index contributed by atoms with van der Waals surface area (Å²) in [6, 6.07) is 0. The monoisotopic (exact) mass is 530 g/mol. The van der Waals surface area contributed by atoms with Crippen molar-refractivity contribution in [3.05, 3.63) is 0 Å². The van der Waals surface area contributed by atoms with E-state index in [0.717, 1.165) is 0 Å². The number of hydrogen-bond acceptors (Lipinski definition) is 9. The fourth-order valence-corrected chi connectivity index (χ4v) is 4.20. The molecule has 2 aliphatic rings. The second-order valence-electron chi connectivity index (χ2n) is 11.5. The van der Waals surface area contributed by atoms with Crippen LogP contribution >= 0.6 is 0 Å². The first-order chi connectivity index (χ1) is 17.0. The second-order valence-corrected chi connectivity index (χ2v) is 11.5. The molecule has 0 aromatic heterocycles. The number of ether oxygens (including phenoxy) is 4. The van der Waals surface area contributed by atoms with E-state index in [0.29, 0.717) is 45.4 Å². The van der Waals surface area contributed by atoms with E-state index in [9.17, 15) is 24.3 Å². The molecule has 0 aliphatic carbocycles. The average molecular weight is 531 g/mol. The van der Waals surface area contributed by atoms with E-state index >= 15 is 0 Å². The summed E-state index contributed by atoms with van der Waals surface area (Å²) in [5, 5.41) is 9.84. The molecule has 11 nitrogen and oxygen atoms in total. The fourth-order valence-electron chi connectivity index (χ4n) is 4.20. The summed E-state index contributed by atoms with van der Waals surface area (Å²) in [7, 11) is 2.73. The molecule has 2 amide bonds. The van der Waals surface area contributed by atoms with Crippen molar-refractivity contribution in [1.29, 1.82) is 0 Å². The van der Waals surface area contributed by atoms with Crippen LogP contribution in [0.25, 0.3) is 0 Å². The van der Waals surface area contributed by atoms with Gasteiger partial charge in [-0.1, -0.05) is 0 Å². The Kier molecular flexibility index (Phi) is 12.1. The van der Waals surface area contributed by atoms with Crippen LogP contribution in [0, 0.1) is 17.8 Å². The van der Waals surface area contributed by atoms with Crippen LogP contribution in [-0.2, 0) is 28.5 Å². The molecule has 0 aromatic carbocycles. The quantitative estimate of drug-likeness (QED) is 0.431. The summed E-state index contributed by atoms with van der Waals surface area (Å²) in [6.07, 6.45) is 0.357. The highest BCUT2D eigenvalue weighted by molar-refractivity contribution is 5.74. The van der Waals surface area contributed by atoms with Gasteiger partial charge in [0.15, 0.2) is 0 Å². The number of carbonyl (C=O) groups excluding carboxylic acids is 4. The number of aliphatic hydroxyl groups excluding tert-OH is 1. The highest BCUT2D eigenvalue weighted by Gasteiger charge is 2.40. The predicted molar refractivity (Wildman–Crippen MR) is 136 cm³/mol. The molecule has 2 saturated heterocycles. The first-order valence-electron chi connectivity index (χ1n) is 12.8. The molecule has 2 aliphatic heterocycles. The number of carbonyl (C=O) groups is 4. The van der Waals surface area contributed by atoms with Gasteiger partial charge in [0.2, 0.25) is 0 Å². The van der Waals surface area contributed by atoms with Crippen LogP contribution in [0.4, 0.5) is 9.59 Å². The molecule has 0 bridgehead atoms. The van der Waals surface area contributed by atoms with Gasteiger partial charge in [0.1, 0.15) is 11.2 Å². The van der Waals surface area contributed by atoms with Crippen LogP contribution in [0.15, 0.2) is 0 Å². The summed E-state index contributed by atoms with van der Waals surface area (Å²) in [5.74, 6) is -1.31. The topological polar surface area (TPSA) is 132 Å². The maximum atomic E-state index is 12.0. The van der Waals surface area contributed by atoms with E-state index in [1.54, 1.807) is 37.5 Å². The molecule has 11 heteroatoms. The largest absolute Gasteiger partial charge is 0.469 e. The van der Waals surface area contributed by atoms with E-state index in [-0.39, 0.29) is 35.8 Å². The minimum Gasteiger partial charge on any atom is -0.469 e. The number of aliphatic hydroxyl groups is 1. The smallest absolute Gasteiger partial charge is 0.410 e. The van der Waals surface area contributed by atoms with Crippen molar-refractivity contribution >= 4 is 24.1 Å². The zero-order valence-corrected chi connectivity index (χ0v) is 23.9. The maximum absolute atomic E-state index is 12.0. The molecule has 0 spiro atoms. The zero-order chi connectivity index (χ0) is 28.6. The van der Waals surface area contributed by atoms with Gasteiger partial charge in [-0.3, -0.25) is 9.59 Å². The Morgan fingerprint density at radius 1 is 0.757 bits per heavy atom. The molecule has 1 N–H and O–H groups in total. The minimum absolute atomic E-state index is 0.0845. The van der Waals surface area contributed by atoms with E-state index in [2.05, 4.69) is 0 Å². The number of rotatable bonds is 3. The van der Waals surface area contributed by atoms with Crippen LogP contribution in [0.1, 0.15) is 67.7 Å². The van der Waals surface area contributed by atoms with Gasteiger partial charge >= 0.3 is 24.1 Å². The highest BCUT2D eigenvalue weighted by Crippen LogP contribution is 2.28. The Morgan fingerprint density at radius 3 is 1.59 bits per heavy atom. The lowest BCUT2D eigenvalue weighted by Crippen LogP contribution is -2.50. The van der Waals surface area contributed by atoms with Crippen molar-refractivity contribution in [3.63, 3.8) is 0 Å². The molecule has 0 radical (unpaired) electrons. The number of esters is 2. The SMILES string of the molecule is COC(=O)C1CCN(C(=O)OC(C)(C)C)CC1.COC(=O)C1CCN(C(=O)OC(C)(C)C)CC1C(C)O. The first-order valence-corrected chi connectivity index (χ1v) is 12.8. The van der Waals surface area contributed by atoms with Gasteiger partial charge in [0.05, 0.1) is 32.2 Å². The molecule has 0 saturated carbocycles. The molecule has 0 aromatic rings. The molecule has 37 heavy (non-hydrogen) atoms. The van der Waals surface area contributed by atoms with Crippen LogP contribution < -0.4 is 0 Å². The Morgan fingerprint density at radius 2 is 1.19 bits per heavy atom. The predicted octanol–water partition coefficient (Wildman–Crippen LogP) is 3.22. The van der Waals surface area contributed by atoms with Crippen LogP contribution in [0.3, 0.4) is 0 Å². The van der Waals surface area contributed by atoms with Gasteiger partial charge in [0, 0.05) is 32.1 Å². The standard InChI is InChI=1S/C14H25NO5.C12H21NO4/c1-9(16)11-8-15(13(18)20-14(2,3)4)7-6-10(11)12(17)19-5;1-12(2,3)17-11(15)13-7-5-9(6-8-13)10(14)16-4/h9-11,16H,6-8H2,1-5H3;9H,5-8H2,1-4H3. The summed E-state index contributed by atoms with van der Waals surface area (Å²) in [5.41, 5.74) is -1.03. The van der Waals surface area contributed by atoms with Gasteiger partial charge in [-0.25, -0.2) is 9.59 Å². The molecule has 2 heterocycles. The number of methoxy groups -OCH3 is 2. The molecular weight excluding hydrogens is 484 g/mol. The Labute approximate surface area is 220 Å². The van der Waals surface area contributed by atoms with Crippen LogP contribution in [0.5, 0.6) is 0 Å². The van der Waals surface area contributed by atoms with Gasteiger partial charge in [0.25, 0.3) is 0 Å². The lowest BCUT2D eigenvalue weighted by atomic mass is 9.82.